The van der Waals surface area contributed by atoms with Crippen LogP contribution in [0.25, 0.3) is 0 Å². The van der Waals surface area contributed by atoms with E-state index in [0.29, 0.717) is 12.4 Å². The van der Waals surface area contributed by atoms with Crippen molar-refractivity contribution in [2.45, 2.75) is 27.3 Å². The van der Waals surface area contributed by atoms with Gasteiger partial charge < -0.3 is 10.5 Å². The van der Waals surface area contributed by atoms with E-state index in [2.05, 4.69) is 4.98 Å². The summed E-state index contributed by atoms with van der Waals surface area (Å²) in [6, 6.07) is 5.80. The second kappa shape index (κ2) is 5.59. The van der Waals surface area contributed by atoms with Gasteiger partial charge in [0.2, 0.25) is 5.88 Å². The van der Waals surface area contributed by atoms with Crippen LogP contribution in [-0.2, 0) is 6.54 Å². The Morgan fingerprint density at radius 2 is 1.74 bits per heavy atom. The van der Waals surface area contributed by atoms with E-state index in [1.807, 2.05) is 39.0 Å². The van der Waals surface area contributed by atoms with Gasteiger partial charge in [-0.2, -0.15) is 0 Å². The lowest BCUT2D eigenvalue weighted by Gasteiger charge is -2.11. The summed E-state index contributed by atoms with van der Waals surface area (Å²) in [5.41, 5.74) is 9.53. The maximum Gasteiger partial charge on any atom is 0.222 e. The number of benzene rings is 1. The first kappa shape index (κ1) is 13.8. The average molecular weight is 277 g/mol. The zero-order chi connectivity index (χ0) is 14.0. The van der Waals surface area contributed by atoms with E-state index in [1.54, 1.807) is 6.20 Å². The first-order valence-corrected chi connectivity index (χ1v) is 6.49. The van der Waals surface area contributed by atoms with Crippen molar-refractivity contribution in [1.82, 2.24) is 4.98 Å². The molecule has 2 aromatic rings. The third-order valence-electron chi connectivity index (χ3n) is 2.95. The third-order valence-corrected chi connectivity index (χ3v) is 3.54. The maximum atomic E-state index is 6.14. The highest BCUT2D eigenvalue weighted by Gasteiger charge is 2.07. The Hall–Kier alpha value is -1.58. The Morgan fingerprint density at radius 1 is 1.11 bits per heavy atom. The van der Waals surface area contributed by atoms with Crippen molar-refractivity contribution < 1.29 is 4.74 Å². The first-order valence-electron chi connectivity index (χ1n) is 6.11. The monoisotopic (exact) mass is 276 g/mol. The number of nitrogens with two attached hydrogens (primary N) is 1. The molecule has 2 N–H and O–H groups in total. The van der Waals surface area contributed by atoms with E-state index in [-0.39, 0.29) is 0 Å². The van der Waals surface area contributed by atoms with Crippen LogP contribution in [0.5, 0.6) is 11.6 Å². The molecule has 1 heterocycles. The van der Waals surface area contributed by atoms with Gasteiger partial charge in [-0.3, -0.25) is 0 Å². The van der Waals surface area contributed by atoms with Gasteiger partial charge in [-0.1, -0.05) is 11.6 Å². The van der Waals surface area contributed by atoms with Crippen molar-refractivity contribution in [2.75, 3.05) is 0 Å². The molecular weight excluding hydrogens is 260 g/mol. The number of halogens is 1. The number of ether oxygens (including phenoxy) is 1. The van der Waals surface area contributed by atoms with Gasteiger partial charge in [-0.25, -0.2) is 4.98 Å². The van der Waals surface area contributed by atoms with Crippen LogP contribution in [0.2, 0.25) is 5.02 Å². The minimum atomic E-state index is 0.479. The van der Waals surface area contributed by atoms with E-state index in [1.165, 1.54) is 0 Å². The number of nitrogens with zero attached hydrogens (tertiary/aromatic N) is 1. The van der Waals surface area contributed by atoms with E-state index in [4.69, 9.17) is 22.1 Å². The second-order valence-electron chi connectivity index (χ2n) is 4.64. The van der Waals surface area contributed by atoms with Crippen molar-refractivity contribution in [1.29, 1.82) is 0 Å². The summed E-state index contributed by atoms with van der Waals surface area (Å²) >= 11 is 6.14. The molecule has 0 amide bonds. The average Bonchev–Trinajstić information content (AvgIpc) is 2.38. The van der Waals surface area contributed by atoms with Gasteiger partial charge in [0, 0.05) is 23.3 Å². The van der Waals surface area contributed by atoms with E-state index in [0.717, 1.165) is 33.0 Å². The van der Waals surface area contributed by atoms with Crippen LogP contribution in [0, 0.1) is 20.8 Å². The Balaban J connectivity index is 2.31. The smallest absolute Gasteiger partial charge is 0.222 e. The lowest BCUT2D eigenvalue weighted by Crippen LogP contribution is -1.99. The molecule has 0 saturated heterocycles. The Kier molecular flexibility index (Phi) is 4.08. The fraction of sp³-hybridized carbons (Fsp3) is 0.267. The molecule has 0 atom stereocenters. The molecule has 0 spiro atoms. The fourth-order valence-electron chi connectivity index (χ4n) is 1.92. The molecule has 0 aliphatic heterocycles. The number of rotatable bonds is 3. The maximum absolute atomic E-state index is 6.14. The second-order valence-corrected chi connectivity index (χ2v) is 5.02. The molecule has 0 aliphatic carbocycles. The summed E-state index contributed by atoms with van der Waals surface area (Å²) in [6.45, 7) is 6.35. The number of aryl methyl sites for hydroxylation is 3. The predicted molar refractivity (Wildman–Crippen MR) is 77.9 cm³/mol. The number of pyridine rings is 1. The minimum absolute atomic E-state index is 0.479. The topological polar surface area (TPSA) is 48.1 Å². The highest BCUT2D eigenvalue weighted by atomic mass is 35.5. The summed E-state index contributed by atoms with van der Waals surface area (Å²) < 4.78 is 5.81. The van der Waals surface area contributed by atoms with Gasteiger partial charge in [-0.15, -0.1) is 0 Å². The lowest BCUT2D eigenvalue weighted by atomic mass is 10.1. The van der Waals surface area contributed by atoms with Gasteiger partial charge in [0.1, 0.15) is 5.75 Å². The van der Waals surface area contributed by atoms with E-state index >= 15 is 0 Å². The zero-order valence-corrected chi connectivity index (χ0v) is 12.1. The zero-order valence-electron chi connectivity index (χ0n) is 11.3. The van der Waals surface area contributed by atoms with Crippen molar-refractivity contribution in [3.63, 3.8) is 0 Å². The molecule has 1 aromatic carbocycles. The van der Waals surface area contributed by atoms with Gasteiger partial charge in [-0.05, 0) is 55.7 Å². The standard InChI is InChI=1S/C15H17ClN2O/c1-9-5-13(6-10(2)14(9)16)19-15-11(3)4-12(7-17)8-18-15/h4-6,8H,7,17H2,1-3H3. The first-order chi connectivity index (χ1) is 9.01. The highest BCUT2D eigenvalue weighted by molar-refractivity contribution is 6.32. The molecule has 0 fully saturated rings. The summed E-state index contributed by atoms with van der Waals surface area (Å²) in [7, 11) is 0. The van der Waals surface area contributed by atoms with Crippen molar-refractivity contribution in [3.8, 4) is 11.6 Å². The van der Waals surface area contributed by atoms with Crippen molar-refractivity contribution in [3.05, 3.63) is 51.7 Å². The molecule has 0 radical (unpaired) electrons. The number of hydrogen-bond acceptors (Lipinski definition) is 3. The van der Waals surface area contributed by atoms with E-state index in [9.17, 15) is 0 Å². The van der Waals surface area contributed by atoms with Gasteiger partial charge >= 0.3 is 0 Å². The summed E-state index contributed by atoms with van der Waals surface area (Å²) in [5.74, 6) is 1.34. The highest BCUT2D eigenvalue weighted by Crippen LogP contribution is 2.29. The van der Waals surface area contributed by atoms with Crippen LogP contribution in [0.1, 0.15) is 22.3 Å². The molecule has 0 saturated carbocycles. The SMILES string of the molecule is Cc1cc(CN)cnc1Oc1cc(C)c(Cl)c(C)c1. The quantitative estimate of drug-likeness (QED) is 0.924. The number of aromatic nitrogens is 1. The molecule has 1 aromatic heterocycles. The molecule has 3 nitrogen and oxygen atoms in total. The Bertz CT molecular complexity index is 588. The van der Waals surface area contributed by atoms with Crippen LogP contribution in [0.15, 0.2) is 24.4 Å². The van der Waals surface area contributed by atoms with Crippen molar-refractivity contribution in [2.24, 2.45) is 5.73 Å². The predicted octanol–water partition coefficient (Wildman–Crippen LogP) is 3.91. The van der Waals surface area contributed by atoms with Gasteiger partial charge in [0.15, 0.2) is 0 Å². The minimum Gasteiger partial charge on any atom is -0.439 e. The molecule has 2 rings (SSSR count). The van der Waals surface area contributed by atoms with Crippen LogP contribution < -0.4 is 10.5 Å². The summed E-state index contributed by atoms with van der Waals surface area (Å²) in [6.07, 6.45) is 1.73. The van der Waals surface area contributed by atoms with Crippen LogP contribution in [0.3, 0.4) is 0 Å². The fourth-order valence-corrected chi connectivity index (χ4v) is 2.02. The van der Waals surface area contributed by atoms with Gasteiger partial charge in [0.05, 0.1) is 0 Å². The normalized spacial score (nSPS) is 10.6. The lowest BCUT2D eigenvalue weighted by molar-refractivity contribution is 0.458. The van der Waals surface area contributed by atoms with Crippen molar-refractivity contribution >= 4 is 11.6 Å². The summed E-state index contributed by atoms with van der Waals surface area (Å²) in [5, 5.41) is 0.774. The van der Waals surface area contributed by atoms with Crippen LogP contribution in [-0.4, -0.2) is 4.98 Å². The Morgan fingerprint density at radius 3 is 2.26 bits per heavy atom. The molecule has 4 heteroatoms. The number of hydrogen-bond donors (Lipinski definition) is 1. The molecule has 19 heavy (non-hydrogen) atoms. The van der Waals surface area contributed by atoms with E-state index < -0.39 is 0 Å². The molecule has 100 valence electrons. The largest absolute Gasteiger partial charge is 0.439 e. The van der Waals surface area contributed by atoms with Crippen LogP contribution in [0.4, 0.5) is 0 Å². The van der Waals surface area contributed by atoms with Crippen LogP contribution >= 0.6 is 11.6 Å². The molecular formula is C15H17ClN2O. The third kappa shape index (κ3) is 3.06. The summed E-state index contributed by atoms with van der Waals surface area (Å²) in [4.78, 5) is 4.29. The Labute approximate surface area is 118 Å². The molecule has 0 aliphatic rings. The molecule has 0 bridgehead atoms. The van der Waals surface area contributed by atoms with Gasteiger partial charge in [0.25, 0.3) is 0 Å². The molecule has 0 unspecified atom stereocenters.